The van der Waals surface area contributed by atoms with Crippen LogP contribution in [0.25, 0.3) is 0 Å². The highest BCUT2D eigenvalue weighted by Crippen LogP contribution is 2.27. The molecule has 3 unspecified atom stereocenters. The third-order valence-corrected chi connectivity index (χ3v) is 4.79. The summed E-state index contributed by atoms with van der Waals surface area (Å²) in [6.45, 7) is 2.62. The van der Waals surface area contributed by atoms with Gasteiger partial charge in [-0.3, -0.25) is 14.3 Å². The van der Waals surface area contributed by atoms with E-state index in [-0.39, 0.29) is 18.1 Å². The van der Waals surface area contributed by atoms with Crippen molar-refractivity contribution in [2.45, 2.75) is 32.0 Å². The van der Waals surface area contributed by atoms with Crippen LogP contribution in [0.3, 0.4) is 0 Å². The van der Waals surface area contributed by atoms with Crippen LogP contribution in [-0.2, 0) is 15.6 Å². The van der Waals surface area contributed by atoms with Gasteiger partial charge in [0.15, 0.2) is 0 Å². The minimum Gasteiger partial charge on any atom is -0.322 e. The molecule has 0 spiro atoms. The normalized spacial score (nSPS) is 23.6. The van der Waals surface area contributed by atoms with Gasteiger partial charge in [0, 0.05) is 34.4 Å². The molecule has 0 aromatic heterocycles. The van der Waals surface area contributed by atoms with E-state index in [9.17, 15) is 9.00 Å². The van der Waals surface area contributed by atoms with E-state index < -0.39 is 10.8 Å². The molecule has 1 aromatic carbocycles. The molecule has 6 heteroatoms. The van der Waals surface area contributed by atoms with Gasteiger partial charge in [-0.25, -0.2) is 0 Å². The van der Waals surface area contributed by atoms with E-state index in [1.165, 1.54) is 0 Å². The van der Waals surface area contributed by atoms with Crippen molar-refractivity contribution >= 4 is 28.3 Å². The molecule has 3 atom stereocenters. The summed E-state index contributed by atoms with van der Waals surface area (Å²) in [7, 11) is -0.822. The smallest absolute Gasteiger partial charge is 0.241 e. The molecule has 1 fully saturated rings. The first-order chi connectivity index (χ1) is 10.0. The number of carbonyl (C=O) groups is 1. The van der Waals surface area contributed by atoms with Crippen LogP contribution in [0, 0.1) is 0 Å². The zero-order chi connectivity index (χ0) is 15.4. The van der Waals surface area contributed by atoms with Crippen molar-refractivity contribution < 1.29 is 9.00 Å². The maximum Gasteiger partial charge on any atom is 0.241 e. The van der Waals surface area contributed by atoms with Crippen LogP contribution >= 0.6 is 11.6 Å². The lowest BCUT2D eigenvalue weighted by Crippen LogP contribution is -2.32. The molecule has 1 saturated heterocycles. The molecule has 1 heterocycles. The molecule has 1 aromatic rings. The Bertz CT molecular complexity index is 521. The molecule has 1 N–H and O–H groups in total. The largest absolute Gasteiger partial charge is 0.322 e. The quantitative estimate of drug-likeness (QED) is 0.872. The summed E-state index contributed by atoms with van der Waals surface area (Å²) in [6.07, 6.45) is 3.08. The Balaban J connectivity index is 2.13. The van der Waals surface area contributed by atoms with E-state index in [1.54, 1.807) is 6.26 Å². The Morgan fingerprint density at radius 2 is 2.00 bits per heavy atom. The maximum absolute atomic E-state index is 12.4. The van der Waals surface area contributed by atoms with Crippen molar-refractivity contribution in [3.05, 3.63) is 34.9 Å². The average molecular weight is 329 g/mol. The van der Waals surface area contributed by atoms with E-state index >= 15 is 0 Å². The molecule has 2 rings (SSSR count). The van der Waals surface area contributed by atoms with Crippen molar-refractivity contribution in [3.8, 4) is 0 Å². The number of hydrogen-bond acceptors (Lipinski definition) is 3. The van der Waals surface area contributed by atoms with Gasteiger partial charge in [-0.2, -0.15) is 0 Å². The highest BCUT2D eigenvalue weighted by atomic mass is 35.5. The second-order valence-corrected chi connectivity index (χ2v) is 7.24. The van der Waals surface area contributed by atoms with Crippen LogP contribution in [-0.4, -0.2) is 39.6 Å². The lowest BCUT2D eigenvalue weighted by Gasteiger charge is -2.24. The van der Waals surface area contributed by atoms with Gasteiger partial charge in [-0.05, 0) is 30.5 Å². The number of halogens is 1. The summed E-state index contributed by atoms with van der Waals surface area (Å²) < 4.78 is 11.2. The Morgan fingerprint density at radius 1 is 1.33 bits per heavy atom. The first kappa shape index (κ1) is 16.5. The molecule has 116 valence electrons. The maximum atomic E-state index is 12.4. The van der Waals surface area contributed by atoms with E-state index in [0.717, 1.165) is 18.4 Å². The molecule has 1 aliphatic heterocycles. The molecular weight excluding hydrogens is 308 g/mol. The topological polar surface area (TPSA) is 49.4 Å². The van der Waals surface area contributed by atoms with Gasteiger partial charge in [0.2, 0.25) is 5.91 Å². The highest BCUT2D eigenvalue weighted by molar-refractivity contribution is 7.84. The van der Waals surface area contributed by atoms with Crippen LogP contribution < -0.4 is 5.32 Å². The third kappa shape index (κ3) is 4.05. The predicted molar refractivity (Wildman–Crippen MR) is 86.7 cm³/mol. The summed E-state index contributed by atoms with van der Waals surface area (Å²) in [6, 6.07) is 7.41. The molecule has 0 radical (unpaired) electrons. The fraction of sp³-hybridized carbons (Fsp3) is 0.533. The Hall–Kier alpha value is -0.910. The number of nitrogens with zero attached hydrogens (tertiary/aromatic N) is 1. The second-order valence-electron chi connectivity index (χ2n) is 5.24. The van der Waals surface area contributed by atoms with Gasteiger partial charge in [-0.15, -0.1) is 0 Å². The lowest BCUT2D eigenvalue weighted by atomic mass is 10.1. The van der Waals surface area contributed by atoms with Crippen molar-refractivity contribution in [2.75, 3.05) is 18.6 Å². The fourth-order valence-corrected chi connectivity index (χ4v) is 3.23. The fourth-order valence-electron chi connectivity index (χ4n) is 2.57. The zero-order valence-electron chi connectivity index (χ0n) is 12.3. The van der Waals surface area contributed by atoms with Crippen molar-refractivity contribution in [1.29, 1.82) is 0 Å². The first-order valence-electron chi connectivity index (χ1n) is 7.15. The molecule has 21 heavy (non-hydrogen) atoms. The summed E-state index contributed by atoms with van der Waals surface area (Å²) in [4.78, 5) is 14.3. The van der Waals surface area contributed by atoms with Gasteiger partial charge in [-0.1, -0.05) is 30.7 Å². The highest BCUT2D eigenvalue weighted by Gasteiger charge is 2.38. The standard InChI is InChI=1S/C15H21ClN2O2S/c1-3-13-15(19)18(9-4-10-21(2)20)14(17-13)11-5-7-12(16)8-6-11/h5-8,13-14,17H,3-4,9-10H2,1-2H3. The summed E-state index contributed by atoms with van der Waals surface area (Å²) in [5, 5.41) is 4.06. The molecule has 0 aliphatic carbocycles. The van der Waals surface area contributed by atoms with Crippen molar-refractivity contribution in [2.24, 2.45) is 0 Å². The van der Waals surface area contributed by atoms with Gasteiger partial charge in [0.1, 0.15) is 6.17 Å². The van der Waals surface area contributed by atoms with Crippen LogP contribution in [0.15, 0.2) is 24.3 Å². The van der Waals surface area contributed by atoms with Crippen molar-refractivity contribution in [3.63, 3.8) is 0 Å². The van der Waals surface area contributed by atoms with Gasteiger partial charge < -0.3 is 4.90 Å². The minimum absolute atomic E-state index is 0.120. The van der Waals surface area contributed by atoms with Gasteiger partial charge in [0.25, 0.3) is 0 Å². The minimum atomic E-state index is -0.822. The number of carbonyl (C=O) groups excluding carboxylic acids is 1. The first-order valence-corrected chi connectivity index (χ1v) is 9.25. The lowest BCUT2D eigenvalue weighted by molar-refractivity contribution is -0.130. The predicted octanol–water partition coefficient (Wildman–Crippen LogP) is 2.32. The Labute approximate surface area is 133 Å². The van der Waals surface area contributed by atoms with Gasteiger partial charge in [0.05, 0.1) is 6.04 Å². The number of nitrogens with one attached hydrogen (secondary N) is 1. The number of amides is 1. The molecular formula is C15H21ClN2O2S. The summed E-state index contributed by atoms with van der Waals surface area (Å²) in [5.74, 6) is 0.743. The van der Waals surface area contributed by atoms with Crippen LogP contribution in [0.5, 0.6) is 0 Å². The molecule has 1 amide bonds. The average Bonchev–Trinajstić information content (AvgIpc) is 2.76. The number of hydrogen-bond donors (Lipinski definition) is 1. The Morgan fingerprint density at radius 3 is 2.57 bits per heavy atom. The monoisotopic (exact) mass is 328 g/mol. The zero-order valence-corrected chi connectivity index (χ0v) is 13.9. The molecule has 0 bridgehead atoms. The van der Waals surface area contributed by atoms with E-state index in [2.05, 4.69) is 5.32 Å². The molecule has 0 saturated carbocycles. The van der Waals surface area contributed by atoms with E-state index in [0.29, 0.717) is 17.3 Å². The van der Waals surface area contributed by atoms with Crippen LogP contribution in [0.1, 0.15) is 31.5 Å². The van der Waals surface area contributed by atoms with Crippen LogP contribution in [0.2, 0.25) is 5.02 Å². The second kappa shape index (κ2) is 7.38. The SMILES string of the molecule is CCC1NC(c2ccc(Cl)cc2)N(CCCS(C)=O)C1=O. The van der Waals surface area contributed by atoms with Crippen LogP contribution in [0.4, 0.5) is 0 Å². The summed E-state index contributed by atoms with van der Waals surface area (Å²) in [5.41, 5.74) is 1.03. The van der Waals surface area contributed by atoms with E-state index in [4.69, 9.17) is 11.6 Å². The van der Waals surface area contributed by atoms with Gasteiger partial charge >= 0.3 is 0 Å². The van der Waals surface area contributed by atoms with E-state index in [1.807, 2.05) is 36.1 Å². The third-order valence-electron chi connectivity index (χ3n) is 3.68. The molecule has 4 nitrogen and oxygen atoms in total. The van der Waals surface area contributed by atoms with Crippen molar-refractivity contribution in [1.82, 2.24) is 10.2 Å². The number of benzene rings is 1. The Kier molecular flexibility index (Phi) is 5.79. The number of rotatable bonds is 6. The molecule has 1 aliphatic rings. The summed E-state index contributed by atoms with van der Waals surface area (Å²) >= 11 is 5.92.